The minimum absolute atomic E-state index is 0.0427. The van der Waals surface area contributed by atoms with Crippen LogP contribution in [0.25, 0.3) is 6.08 Å². The quantitative estimate of drug-likeness (QED) is 0.691. The lowest BCUT2D eigenvalue weighted by atomic mass is 10.1. The van der Waals surface area contributed by atoms with Crippen LogP contribution in [0, 0.1) is 18.3 Å². The predicted octanol–water partition coefficient (Wildman–Crippen LogP) is 3.29. The van der Waals surface area contributed by atoms with Crippen molar-refractivity contribution in [3.05, 3.63) is 52.9 Å². The van der Waals surface area contributed by atoms with Crippen LogP contribution in [0.4, 0.5) is 18.9 Å². The summed E-state index contributed by atoms with van der Waals surface area (Å²) < 4.78 is 39.6. The van der Waals surface area contributed by atoms with Gasteiger partial charge in [0, 0.05) is 24.5 Å². The Balaban J connectivity index is 2.25. The number of nitrogens with zero attached hydrogens (tertiary/aromatic N) is 3. The number of hydrogen-bond donors (Lipinski definition) is 1. The number of aryl methyl sites for hydroxylation is 2. The first-order valence-electron chi connectivity index (χ1n) is 6.81. The molecule has 0 fully saturated rings. The Morgan fingerprint density at radius 2 is 2.12 bits per heavy atom. The number of nitriles is 1. The van der Waals surface area contributed by atoms with Gasteiger partial charge in [-0.15, -0.1) is 0 Å². The number of halogens is 3. The Bertz CT molecular complexity index is 844. The molecule has 1 aromatic carbocycles. The van der Waals surface area contributed by atoms with E-state index in [4.69, 9.17) is 5.26 Å². The second-order valence-electron chi connectivity index (χ2n) is 5.05. The Labute approximate surface area is 136 Å². The molecule has 1 heterocycles. The molecule has 0 saturated carbocycles. The third-order valence-corrected chi connectivity index (χ3v) is 3.16. The summed E-state index contributed by atoms with van der Waals surface area (Å²) in [7, 11) is 1.69. The molecule has 0 unspecified atom stereocenters. The van der Waals surface area contributed by atoms with Crippen molar-refractivity contribution >= 4 is 17.7 Å². The topological polar surface area (TPSA) is 70.7 Å². The molecule has 1 aromatic heterocycles. The van der Waals surface area contributed by atoms with Gasteiger partial charge in [0.15, 0.2) is 0 Å². The molecule has 0 bridgehead atoms. The second-order valence-corrected chi connectivity index (χ2v) is 5.05. The molecule has 1 N–H and O–H groups in total. The molecule has 0 aliphatic rings. The molecule has 2 rings (SSSR count). The molecule has 0 saturated heterocycles. The van der Waals surface area contributed by atoms with E-state index in [-0.39, 0.29) is 11.3 Å². The average molecular weight is 334 g/mol. The van der Waals surface area contributed by atoms with E-state index >= 15 is 0 Å². The Morgan fingerprint density at radius 3 is 2.67 bits per heavy atom. The SMILES string of the molecule is Cc1nn(C)cc1C=C(C#N)C(=O)Nc1cccc(C(F)(F)F)c1. The molecule has 5 nitrogen and oxygen atoms in total. The lowest BCUT2D eigenvalue weighted by molar-refractivity contribution is -0.137. The minimum atomic E-state index is -4.51. The minimum Gasteiger partial charge on any atom is -0.321 e. The summed E-state index contributed by atoms with van der Waals surface area (Å²) >= 11 is 0. The molecule has 124 valence electrons. The molecule has 1 amide bonds. The monoisotopic (exact) mass is 334 g/mol. The van der Waals surface area contributed by atoms with E-state index in [1.165, 1.54) is 22.9 Å². The van der Waals surface area contributed by atoms with Crippen molar-refractivity contribution in [2.24, 2.45) is 7.05 Å². The maximum Gasteiger partial charge on any atom is 0.416 e. The summed E-state index contributed by atoms with van der Waals surface area (Å²) in [5.41, 5.74) is 0.0404. The molecule has 0 spiro atoms. The highest BCUT2D eigenvalue weighted by Crippen LogP contribution is 2.30. The Morgan fingerprint density at radius 1 is 1.42 bits per heavy atom. The largest absolute Gasteiger partial charge is 0.416 e. The average Bonchev–Trinajstić information content (AvgIpc) is 2.81. The summed E-state index contributed by atoms with van der Waals surface area (Å²) in [5.74, 6) is -0.792. The van der Waals surface area contributed by atoms with Crippen LogP contribution in [0.5, 0.6) is 0 Å². The number of anilines is 1. The van der Waals surface area contributed by atoms with E-state index in [0.29, 0.717) is 11.3 Å². The first kappa shape index (κ1) is 17.3. The number of carbonyl (C=O) groups is 1. The van der Waals surface area contributed by atoms with Crippen molar-refractivity contribution in [3.63, 3.8) is 0 Å². The van der Waals surface area contributed by atoms with Crippen LogP contribution >= 0.6 is 0 Å². The van der Waals surface area contributed by atoms with Crippen LogP contribution in [-0.4, -0.2) is 15.7 Å². The van der Waals surface area contributed by atoms with E-state index in [1.807, 2.05) is 0 Å². The second kappa shape index (κ2) is 6.58. The van der Waals surface area contributed by atoms with E-state index < -0.39 is 17.6 Å². The van der Waals surface area contributed by atoms with Gasteiger partial charge in [-0.3, -0.25) is 9.48 Å². The van der Waals surface area contributed by atoms with Gasteiger partial charge in [-0.25, -0.2) is 0 Å². The fourth-order valence-electron chi connectivity index (χ4n) is 2.04. The van der Waals surface area contributed by atoms with Crippen LogP contribution in [0.1, 0.15) is 16.8 Å². The zero-order valence-corrected chi connectivity index (χ0v) is 12.8. The maximum atomic E-state index is 12.7. The number of benzene rings is 1. The molecule has 8 heteroatoms. The fourth-order valence-corrected chi connectivity index (χ4v) is 2.04. The van der Waals surface area contributed by atoms with Crippen molar-refractivity contribution in [1.82, 2.24) is 9.78 Å². The molecular weight excluding hydrogens is 321 g/mol. The first-order valence-corrected chi connectivity index (χ1v) is 6.81. The Hall–Kier alpha value is -3.08. The predicted molar refractivity (Wildman–Crippen MR) is 81.6 cm³/mol. The molecular formula is C16H13F3N4O. The zero-order chi connectivity index (χ0) is 17.9. The summed E-state index contributed by atoms with van der Waals surface area (Å²) in [6.07, 6.45) is -1.54. The summed E-state index contributed by atoms with van der Waals surface area (Å²) in [6, 6.07) is 5.94. The van der Waals surface area contributed by atoms with Crippen molar-refractivity contribution < 1.29 is 18.0 Å². The van der Waals surface area contributed by atoms with Crippen molar-refractivity contribution in [1.29, 1.82) is 5.26 Å². The molecule has 0 aliphatic heterocycles. The van der Waals surface area contributed by atoms with Crippen molar-refractivity contribution in [3.8, 4) is 6.07 Å². The van der Waals surface area contributed by atoms with Crippen LogP contribution in [0.2, 0.25) is 0 Å². The number of rotatable bonds is 3. The lowest BCUT2D eigenvalue weighted by Gasteiger charge is -2.09. The van der Waals surface area contributed by atoms with Gasteiger partial charge in [0.2, 0.25) is 0 Å². The highest BCUT2D eigenvalue weighted by Gasteiger charge is 2.30. The number of aromatic nitrogens is 2. The lowest BCUT2D eigenvalue weighted by Crippen LogP contribution is -2.14. The maximum absolute atomic E-state index is 12.7. The summed E-state index contributed by atoms with van der Waals surface area (Å²) in [6.45, 7) is 1.71. The zero-order valence-electron chi connectivity index (χ0n) is 12.8. The molecule has 24 heavy (non-hydrogen) atoms. The first-order chi connectivity index (χ1) is 11.2. The normalized spacial score (nSPS) is 11.9. The van der Waals surface area contributed by atoms with Gasteiger partial charge >= 0.3 is 6.18 Å². The highest BCUT2D eigenvalue weighted by atomic mass is 19.4. The third kappa shape index (κ3) is 4.01. The summed E-state index contributed by atoms with van der Waals surface area (Å²) in [5, 5.41) is 15.5. The van der Waals surface area contributed by atoms with Crippen molar-refractivity contribution in [2.75, 3.05) is 5.32 Å². The van der Waals surface area contributed by atoms with Gasteiger partial charge in [0.05, 0.1) is 11.3 Å². The number of alkyl halides is 3. The molecule has 0 radical (unpaired) electrons. The Kier molecular flexibility index (Phi) is 4.74. The van der Waals surface area contributed by atoms with E-state index in [0.717, 1.165) is 12.1 Å². The number of hydrogen-bond acceptors (Lipinski definition) is 3. The molecule has 0 atom stereocenters. The number of amides is 1. The van der Waals surface area contributed by atoms with Crippen LogP contribution in [-0.2, 0) is 18.0 Å². The standard InChI is InChI=1S/C16H13F3N4O/c1-10-12(9-23(2)22-10)6-11(8-20)15(24)21-14-5-3-4-13(7-14)16(17,18)19/h3-7,9H,1-2H3,(H,21,24). The van der Waals surface area contributed by atoms with E-state index in [1.54, 1.807) is 26.2 Å². The number of nitrogens with one attached hydrogen (secondary N) is 1. The molecule has 2 aromatic rings. The van der Waals surface area contributed by atoms with E-state index in [9.17, 15) is 18.0 Å². The van der Waals surface area contributed by atoms with Gasteiger partial charge in [-0.2, -0.15) is 23.5 Å². The van der Waals surface area contributed by atoms with Crippen LogP contribution < -0.4 is 5.32 Å². The van der Waals surface area contributed by atoms with Gasteiger partial charge in [0.1, 0.15) is 11.6 Å². The number of carbonyl (C=O) groups excluding carboxylic acids is 1. The van der Waals surface area contributed by atoms with Crippen LogP contribution in [0.3, 0.4) is 0 Å². The van der Waals surface area contributed by atoms with E-state index in [2.05, 4.69) is 10.4 Å². The highest BCUT2D eigenvalue weighted by molar-refractivity contribution is 6.09. The van der Waals surface area contributed by atoms with Crippen molar-refractivity contribution in [2.45, 2.75) is 13.1 Å². The molecule has 0 aliphatic carbocycles. The third-order valence-electron chi connectivity index (χ3n) is 3.16. The van der Waals surface area contributed by atoms with Gasteiger partial charge < -0.3 is 5.32 Å². The summed E-state index contributed by atoms with van der Waals surface area (Å²) in [4.78, 5) is 12.1. The van der Waals surface area contributed by atoms with Gasteiger partial charge in [-0.1, -0.05) is 6.07 Å². The smallest absolute Gasteiger partial charge is 0.321 e. The van der Waals surface area contributed by atoms with Crippen LogP contribution in [0.15, 0.2) is 36.0 Å². The fraction of sp³-hybridized carbons (Fsp3) is 0.188. The van der Waals surface area contributed by atoms with Gasteiger partial charge in [0.25, 0.3) is 5.91 Å². The van der Waals surface area contributed by atoms with Gasteiger partial charge in [-0.05, 0) is 31.2 Å².